The summed E-state index contributed by atoms with van der Waals surface area (Å²) in [7, 11) is 0. The van der Waals surface area contributed by atoms with E-state index in [2.05, 4.69) is 10.6 Å². The Morgan fingerprint density at radius 3 is 1.51 bits per heavy atom. The molecule has 0 atom stereocenters. The lowest BCUT2D eigenvalue weighted by molar-refractivity contribution is -0.137. The first kappa shape index (κ1) is 51.3. The second-order valence-corrected chi connectivity index (χ2v) is 15.9. The molecule has 0 fully saturated rings. The summed E-state index contributed by atoms with van der Waals surface area (Å²) in [6.07, 6.45) is -4.20. The number of nitrogens with two attached hydrogens (primary N) is 1. The zero-order valence-corrected chi connectivity index (χ0v) is 35.6. The number of aromatic carboxylic acids is 1. The van der Waals surface area contributed by atoms with Crippen LogP contribution in [0, 0.1) is 0 Å². The molecule has 0 aliphatic heterocycles. The molecule has 0 aromatic heterocycles. The molecule has 0 heterocycles. The predicted octanol–water partition coefficient (Wildman–Crippen LogP) is 10.3. The van der Waals surface area contributed by atoms with Crippen molar-refractivity contribution in [3.8, 4) is 0 Å². The smallest absolute Gasteiger partial charge is 0.416 e. The summed E-state index contributed by atoms with van der Waals surface area (Å²) in [4.78, 5) is 46.2. The number of alkyl halides is 5. The zero-order valence-electron chi connectivity index (χ0n) is 35.6. The van der Waals surface area contributed by atoms with Gasteiger partial charge in [-0.3, -0.25) is 4.79 Å². The van der Waals surface area contributed by atoms with Gasteiger partial charge in [-0.05, 0) is 101 Å². The molecule has 4 rings (SSSR count). The number of carboxylic acid groups (broad SMARTS) is 1. The number of carbonyl (C=O) groups excluding carboxylic acids is 3. The number of carbonyl (C=O) groups is 4. The van der Waals surface area contributed by atoms with E-state index in [9.17, 15) is 41.1 Å². The maximum atomic E-state index is 13.3. The number of ether oxygens (including phenoxy) is 2. The van der Waals surface area contributed by atoms with Crippen molar-refractivity contribution in [2.45, 2.75) is 97.5 Å². The van der Waals surface area contributed by atoms with Gasteiger partial charge in [-0.15, -0.1) is 0 Å². The standard InChI is InChI=1S/C23H26F3NO3.C16H14F2O2.C7H16N2O2/c1-22(2,3)30-21(29)27-13-7-12-20(28)19-11-5-4-9-17(19)14-16-8-6-10-18(15-16)23(24,25)26;1-16(17,18)13-7-4-5-11(10-13)9-12-6-2-3-8-14(12)15(19)20;1-7(2,3)11-6(10)9-5-4-8/h4-6,8-11,15H,7,12-14H2,1-3H3,(H,27,29);2-8,10H,9H2,1H3,(H,19,20);4-5,8H2,1-3H3,(H,9,10). The molecular formula is C46H56F5N3O7. The Labute approximate surface area is 354 Å². The van der Waals surface area contributed by atoms with Crippen molar-refractivity contribution >= 4 is 23.9 Å². The number of benzene rings is 4. The molecule has 0 saturated heterocycles. The van der Waals surface area contributed by atoms with E-state index in [0.29, 0.717) is 53.7 Å². The predicted molar refractivity (Wildman–Crippen MR) is 224 cm³/mol. The van der Waals surface area contributed by atoms with Crippen molar-refractivity contribution in [3.63, 3.8) is 0 Å². The summed E-state index contributed by atoms with van der Waals surface area (Å²) in [5.41, 5.74) is 6.46. The highest BCUT2D eigenvalue weighted by Gasteiger charge is 2.30. The molecule has 0 saturated carbocycles. The van der Waals surface area contributed by atoms with Gasteiger partial charge in [-0.2, -0.15) is 13.2 Å². The van der Waals surface area contributed by atoms with Gasteiger partial charge in [0, 0.05) is 44.1 Å². The SMILES string of the molecule is CC(C)(C)OC(=O)NCCCC(=O)c1ccccc1Cc1cccc(C(F)(F)F)c1.CC(C)(C)OC(=O)NCCN.CC(F)(F)c1cccc(Cc2ccccc2C(=O)O)c1. The number of hydrogen-bond acceptors (Lipinski definition) is 7. The summed E-state index contributed by atoms with van der Waals surface area (Å²) >= 11 is 0. The van der Waals surface area contributed by atoms with Gasteiger partial charge >= 0.3 is 24.3 Å². The topological polar surface area (TPSA) is 157 Å². The normalized spacial score (nSPS) is 11.5. The van der Waals surface area contributed by atoms with Gasteiger partial charge in [0.2, 0.25) is 0 Å². The van der Waals surface area contributed by atoms with Crippen LogP contribution in [0.1, 0.15) is 115 Å². The first-order valence-electron chi connectivity index (χ1n) is 19.5. The third-order valence-corrected chi connectivity index (χ3v) is 8.10. The Morgan fingerprint density at radius 2 is 1.05 bits per heavy atom. The maximum Gasteiger partial charge on any atom is 0.416 e. The first-order chi connectivity index (χ1) is 28.3. The third kappa shape index (κ3) is 20.3. The van der Waals surface area contributed by atoms with Gasteiger partial charge in [-0.1, -0.05) is 78.9 Å². The molecule has 10 nitrogen and oxygen atoms in total. The molecular weight excluding hydrogens is 802 g/mol. The minimum Gasteiger partial charge on any atom is -0.478 e. The van der Waals surface area contributed by atoms with E-state index >= 15 is 0 Å². The van der Waals surface area contributed by atoms with E-state index in [-0.39, 0.29) is 36.3 Å². The van der Waals surface area contributed by atoms with Crippen molar-refractivity contribution in [1.29, 1.82) is 0 Å². The van der Waals surface area contributed by atoms with Crippen LogP contribution in [0.3, 0.4) is 0 Å². The lowest BCUT2D eigenvalue weighted by Gasteiger charge is -2.19. The lowest BCUT2D eigenvalue weighted by Crippen LogP contribution is -2.35. The Morgan fingerprint density at radius 1 is 0.607 bits per heavy atom. The van der Waals surface area contributed by atoms with Crippen molar-refractivity contribution in [2.75, 3.05) is 19.6 Å². The Balaban J connectivity index is 0.000000354. The van der Waals surface area contributed by atoms with Crippen molar-refractivity contribution in [3.05, 3.63) is 142 Å². The van der Waals surface area contributed by atoms with E-state index in [1.165, 1.54) is 24.3 Å². The fraction of sp³-hybridized carbons (Fsp3) is 0.391. The molecule has 4 aromatic rings. The van der Waals surface area contributed by atoms with Gasteiger partial charge in [0.25, 0.3) is 5.92 Å². The minimum absolute atomic E-state index is 0.0668. The van der Waals surface area contributed by atoms with Crippen LogP contribution in [0.25, 0.3) is 0 Å². The van der Waals surface area contributed by atoms with Crippen LogP contribution in [-0.2, 0) is 34.4 Å². The average molecular weight is 858 g/mol. The molecule has 2 amide bonds. The van der Waals surface area contributed by atoms with E-state index in [1.54, 1.807) is 81.4 Å². The highest BCUT2D eigenvalue weighted by atomic mass is 19.4. The van der Waals surface area contributed by atoms with Crippen LogP contribution in [0.2, 0.25) is 0 Å². The number of Topliss-reactive ketones (excluding diaryl/α,β-unsaturated/α-hetero) is 1. The highest BCUT2D eigenvalue weighted by Crippen LogP contribution is 2.31. The van der Waals surface area contributed by atoms with Gasteiger partial charge in [0.05, 0.1) is 11.1 Å². The largest absolute Gasteiger partial charge is 0.478 e. The molecule has 15 heteroatoms. The van der Waals surface area contributed by atoms with Crippen LogP contribution >= 0.6 is 0 Å². The molecule has 0 aliphatic rings. The minimum atomic E-state index is -4.41. The number of carboxylic acids is 1. The summed E-state index contributed by atoms with van der Waals surface area (Å²) in [6.45, 7) is 12.7. The summed E-state index contributed by atoms with van der Waals surface area (Å²) in [6, 6.07) is 24.6. The lowest BCUT2D eigenvalue weighted by atomic mass is 9.95. The first-order valence-corrected chi connectivity index (χ1v) is 19.5. The number of amides is 2. The molecule has 0 spiro atoms. The Kier molecular flexibility index (Phi) is 19.6. The Hall–Kier alpha value is -5.83. The van der Waals surface area contributed by atoms with Gasteiger partial charge in [0.15, 0.2) is 5.78 Å². The monoisotopic (exact) mass is 857 g/mol. The van der Waals surface area contributed by atoms with Crippen LogP contribution in [0.15, 0.2) is 97.1 Å². The van der Waals surface area contributed by atoms with Crippen LogP contribution in [0.4, 0.5) is 31.5 Å². The molecule has 0 unspecified atom stereocenters. The van der Waals surface area contributed by atoms with E-state index in [1.807, 2.05) is 20.8 Å². The van der Waals surface area contributed by atoms with Gasteiger partial charge in [0.1, 0.15) is 11.2 Å². The second kappa shape index (κ2) is 23.2. The molecule has 5 N–H and O–H groups in total. The van der Waals surface area contributed by atoms with Crippen molar-refractivity contribution in [1.82, 2.24) is 10.6 Å². The molecule has 0 radical (unpaired) electrons. The van der Waals surface area contributed by atoms with Crippen molar-refractivity contribution in [2.24, 2.45) is 5.73 Å². The summed E-state index contributed by atoms with van der Waals surface area (Å²) in [5.74, 6) is -4.04. The number of ketones is 1. The fourth-order valence-corrected chi connectivity index (χ4v) is 5.46. The summed E-state index contributed by atoms with van der Waals surface area (Å²) in [5, 5.41) is 14.2. The van der Waals surface area contributed by atoms with Gasteiger partial charge < -0.3 is 30.9 Å². The molecule has 4 aromatic carbocycles. The molecule has 332 valence electrons. The molecule has 0 bridgehead atoms. The number of alkyl carbamates (subject to hydrolysis) is 2. The van der Waals surface area contributed by atoms with E-state index in [4.69, 9.17) is 20.3 Å². The highest BCUT2D eigenvalue weighted by molar-refractivity contribution is 5.97. The van der Waals surface area contributed by atoms with Crippen LogP contribution in [-0.4, -0.2) is 59.9 Å². The van der Waals surface area contributed by atoms with E-state index in [0.717, 1.165) is 19.1 Å². The quantitative estimate of drug-likeness (QED) is 0.0588. The number of halogens is 5. The second-order valence-electron chi connectivity index (χ2n) is 15.9. The third-order valence-electron chi connectivity index (χ3n) is 8.10. The number of rotatable bonds is 13. The fourth-order valence-electron chi connectivity index (χ4n) is 5.46. The molecule has 61 heavy (non-hydrogen) atoms. The van der Waals surface area contributed by atoms with Crippen LogP contribution in [0.5, 0.6) is 0 Å². The molecule has 0 aliphatic carbocycles. The summed E-state index contributed by atoms with van der Waals surface area (Å²) < 4.78 is 75.5. The van der Waals surface area contributed by atoms with E-state index < -0.39 is 47.0 Å². The average Bonchev–Trinajstić information content (AvgIpc) is 3.15. The zero-order chi connectivity index (χ0) is 46.0. The van der Waals surface area contributed by atoms with Crippen LogP contribution < -0.4 is 16.4 Å². The van der Waals surface area contributed by atoms with Crippen molar-refractivity contribution < 1.29 is 55.7 Å². The maximum absolute atomic E-state index is 13.3. The van der Waals surface area contributed by atoms with Gasteiger partial charge in [-0.25, -0.2) is 23.2 Å². The number of nitrogens with one attached hydrogen (secondary N) is 2. The Bertz CT molecular complexity index is 2050. The number of hydrogen-bond donors (Lipinski definition) is 4.